The summed E-state index contributed by atoms with van der Waals surface area (Å²) in [5.41, 5.74) is 1.35. The summed E-state index contributed by atoms with van der Waals surface area (Å²) < 4.78 is 6.22. The molecule has 3 nitrogen and oxygen atoms in total. The second-order valence-corrected chi connectivity index (χ2v) is 6.43. The molecular weight excluding hydrogens is 262 g/mol. The molecule has 2 aliphatic rings. The first-order chi connectivity index (χ1) is 10.3. The summed E-state index contributed by atoms with van der Waals surface area (Å²) in [5, 5.41) is 9.76. The van der Waals surface area contributed by atoms with E-state index in [9.17, 15) is 5.11 Å². The second kappa shape index (κ2) is 7.39. The van der Waals surface area contributed by atoms with Crippen LogP contribution < -0.4 is 0 Å². The molecule has 21 heavy (non-hydrogen) atoms. The molecule has 0 aromatic heterocycles. The Bertz CT molecular complexity index is 422. The number of aliphatic hydroxyl groups excluding tert-OH is 1. The van der Waals surface area contributed by atoms with Crippen molar-refractivity contribution in [3.63, 3.8) is 0 Å². The van der Waals surface area contributed by atoms with Crippen LogP contribution in [0.2, 0.25) is 0 Å². The monoisotopic (exact) mass is 289 g/mol. The SMILES string of the molecule is O[C@@H]1CCN([C@H]2CCCC[C@@H]2OCCc2ccccc2)C1. The minimum absolute atomic E-state index is 0.128. The quantitative estimate of drug-likeness (QED) is 0.904. The van der Waals surface area contributed by atoms with Gasteiger partial charge in [-0.25, -0.2) is 0 Å². The molecule has 3 heteroatoms. The van der Waals surface area contributed by atoms with Crippen LogP contribution >= 0.6 is 0 Å². The van der Waals surface area contributed by atoms with Crippen LogP contribution in [0.4, 0.5) is 0 Å². The first-order valence-electron chi connectivity index (χ1n) is 8.40. The van der Waals surface area contributed by atoms with Crippen molar-refractivity contribution < 1.29 is 9.84 Å². The maximum atomic E-state index is 9.76. The smallest absolute Gasteiger partial charge is 0.0730 e. The van der Waals surface area contributed by atoms with Crippen LogP contribution in [0.25, 0.3) is 0 Å². The fourth-order valence-corrected chi connectivity index (χ4v) is 3.73. The summed E-state index contributed by atoms with van der Waals surface area (Å²) in [5.74, 6) is 0. The largest absolute Gasteiger partial charge is 0.392 e. The van der Waals surface area contributed by atoms with Gasteiger partial charge in [0.05, 0.1) is 18.8 Å². The van der Waals surface area contributed by atoms with Crippen LogP contribution in [0, 0.1) is 0 Å². The zero-order chi connectivity index (χ0) is 14.5. The lowest BCUT2D eigenvalue weighted by molar-refractivity contribution is -0.0316. The predicted molar refractivity (Wildman–Crippen MR) is 84.3 cm³/mol. The summed E-state index contributed by atoms with van der Waals surface area (Å²) in [6, 6.07) is 11.1. The first-order valence-corrected chi connectivity index (χ1v) is 8.40. The lowest BCUT2D eigenvalue weighted by Crippen LogP contribution is -2.46. The highest BCUT2D eigenvalue weighted by Crippen LogP contribution is 2.28. The van der Waals surface area contributed by atoms with Gasteiger partial charge in [0.25, 0.3) is 0 Å². The molecule has 3 rings (SSSR count). The fourth-order valence-electron chi connectivity index (χ4n) is 3.73. The van der Waals surface area contributed by atoms with E-state index in [1.165, 1.54) is 31.2 Å². The van der Waals surface area contributed by atoms with Gasteiger partial charge >= 0.3 is 0 Å². The summed E-state index contributed by atoms with van der Waals surface area (Å²) in [6.07, 6.45) is 7.12. The van der Waals surface area contributed by atoms with Crippen molar-refractivity contribution in [3.8, 4) is 0 Å². The molecule has 0 amide bonds. The lowest BCUT2D eigenvalue weighted by Gasteiger charge is -2.37. The van der Waals surface area contributed by atoms with E-state index >= 15 is 0 Å². The molecule has 1 aliphatic carbocycles. The van der Waals surface area contributed by atoms with E-state index in [-0.39, 0.29) is 6.10 Å². The van der Waals surface area contributed by atoms with Gasteiger partial charge in [0.1, 0.15) is 0 Å². The van der Waals surface area contributed by atoms with E-state index in [1.54, 1.807) is 0 Å². The van der Waals surface area contributed by atoms with Gasteiger partial charge in [-0.15, -0.1) is 0 Å². The van der Waals surface area contributed by atoms with E-state index < -0.39 is 0 Å². The number of aliphatic hydroxyl groups is 1. The Morgan fingerprint density at radius 2 is 1.90 bits per heavy atom. The van der Waals surface area contributed by atoms with Crippen LogP contribution in [-0.2, 0) is 11.2 Å². The molecule has 0 bridgehead atoms. The highest BCUT2D eigenvalue weighted by molar-refractivity contribution is 5.14. The molecule has 0 unspecified atom stereocenters. The minimum atomic E-state index is -0.128. The first kappa shape index (κ1) is 15.0. The van der Waals surface area contributed by atoms with Gasteiger partial charge in [-0.1, -0.05) is 43.2 Å². The number of likely N-dealkylation sites (tertiary alicyclic amines) is 1. The van der Waals surface area contributed by atoms with Gasteiger partial charge in [-0.3, -0.25) is 4.90 Å². The average molecular weight is 289 g/mol. The maximum Gasteiger partial charge on any atom is 0.0730 e. The predicted octanol–water partition coefficient (Wildman–Crippen LogP) is 2.62. The normalized spacial score (nSPS) is 30.6. The zero-order valence-corrected chi connectivity index (χ0v) is 12.8. The van der Waals surface area contributed by atoms with E-state index in [2.05, 4.69) is 35.2 Å². The highest BCUT2D eigenvalue weighted by atomic mass is 16.5. The van der Waals surface area contributed by atoms with E-state index in [0.29, 0.717) is 12.1 Å². The van der Waals surface area contributed by atoms with E-state index in [0.717, 1.165) is 32.5 Å². The molecule has 0 spiro atoms. The maximum absolute atomic E-state index is 9.76. The van der Waals surface area contributed by atoms with Gasteiger partial charge < -0.3 is 9.84 Å². The third kappa shape index (κ3) is 4.06. The van der Waals surface area contributed by atoms with Crippen molar-refractivity contribution in [1.82, 2.24) is 4.90 Å². The van der Waals surface area contributed by atoms with Crippen LogP contribution in [0.1, 0.15) is 37.7 Å². The van der Waals surface area contributed by atoms with Crippen molar-refractivity contribution >= 4 is 0 Å². The minimum Gasteiger partial charge on any atom is -0.392 e. The van der Waals surface area contributed by atoms with E-state index in [4.69, 9.17) is 4.74 Å². The van der Waals surface area contributed by atoms with Gasteiger partial charge in [0, 0.05) is 19.1 Å². The summed E-state index contributed by atoms with van der Waals surface area (Å²) in [4.78, 5) is 2.46. The molecule has 1 saturated heterocycles. The van der Waals surface area contributed by atoms with Crippen LogP contribution in [0.15, 0.2) is 30.3 Å². The lowest BCUT2D eigenvalue weighted by atomic mass is 9.91. The molecule has 3 atom stereocenters. The number of benzene rings is 1. The van der Waals surface area contributed by atoms with Crippen LogP contribution in [0.3, 0.4) is 0 Å². The molecule has 0 radical (unpaired) electrons. The second-order valence-electron chi connectivity index (χ2n) is 6.43. The molecule has 1 N–H and O–H groups in total. The molecule has 1 saturated carbocycles. The Morgan fingerprint density at radius 1 is 1.10 bits per heavy atom. The van der Waals surface area contributed by atoms with Gasteiger partial charge in [0.15, 0.2) is 0 Å². The van der Waals surface area contributed by atoms with E-state index in [1.807, 2.05) is 0 Å². The zero-order valence-electron chi connectivity index (χ0n) is 12.8. The fraction of sp³-hybridized carbons (Fsp3) is 0.667. The van der Waals surface area contributed by atoms with Gasteiger partial charge in [0.2, 0.25) is 0 Å². The molecule has 2 fully saturated rings. The topological polar surface area (TPSA) is 32.7 Å². The number of hydrogen-bond acceptors (Lipinski definition) is 3. The number of rotatable bonds is 5. The Hall–Kier alpha value is -0.900. The van der Waals surface area contributed by atoms with Gasteiger partial charge in [-0.2, -0.15) is 0 Å². The summed E-state index contributed by atoms with van der Waals surface area (Å²) in [6.45, 7) is 2.68. The summed E-state index contributed by atoms with van der Waals surface area (Å²) in [7, 11) is 0. The third-order valence-corrected chi connectivity index (χ3v) is 4.90. The Kier molecular flexibility index (Phi) is 5.28. The molecule has 116 valence electrons. The molecular formula is C18H27NO2. The molecule has 1 heterocycles. The number of nitrogens with zero attached hydrogens (tertiary/aromatic N) is 1. The number of ether oxygens (including phenoxy) is 1. The van der Waals surface area contributed by atoms with Crippen molar-refractivity contribution in [2.24, 2.45) is 0 Å². The standard InChI is InChI=1S/C18H27NO2/c20-16-10-12-19(14-16)17-8-4-5-9-18(17)21-13-11-15-6-2-1-3-7-15/h1-3,6-7,16-18,20H,4-5,8-14H2/t16-,17+,18+/m1/s1. The number of β-amino-alcohol motifs (C(OH)–C–C–N with tert-alkyl or cyclic N) is 1. The number of hydrogen-bond donors (Lipinski definition) is 1. The van der Waals surface area contributed by atoms with Crippen LogP contribution in [-0.4, -0.2) is 48.0 Å². The van der Waals surface area contributed by atoms with Crippen molar-refractivity contribution in [3.05, 3.63) is 35.9 Å². The molecule has 1 aliphatic heterocycles. The van der Waals surface area contributed by atoms with Crippen LogP contribution in [0.5, 0.6) is 0 Å². The summed E-state index contributed by atoms with van der Waals surface area (Å²) >= 11 is 0. The van der Waals surface area contributed by atoms with Crippen molar-refractivity contribution in [2.45, 2.75) is 56.8 Å². The Morgan fingerprint density at radius 3 is 2.67 bits per heavy atom. The molecule has 1 aromatic rings. The van der Waals surface area contributed by atoms with Crippen molar-refractivity contribution in [2.75, 3.05) is 19.7 Å². The Balaban J connectivity index is 1.50. The van der Waals surface area contributed by atoms with Gasteiger partial charge in [-0.05, 0) is 31.2 Å². The van der Waals surface area contributed by atoms with Crippen molar-refractivity contribution in [1.29, 1.82) is 0 Å². The molecule has 1 aromatic carbocycles. The third-order valence-electron chi connectivity index (χ3n) is 4.90. The highest BCUT2D eigenvalue weighted by Gasteiger charge is 2.34. The average Bonchev–Trinajstić information content (AvgIpc) is 2.95. The Labute approximate surface area is 127 Å².